The van der Waals surface area contributed by atoms with Crippen molar-refractivity contribution in [3.8, 4) is 17.1 Å². The molecular formula is C32H35ClN6O4S. The predicted molar refractivity (Wildman–Crippen MR) is 169 cm³/mol. The van der Waals surface area contributed by atoms with E-state index in [0.717, 1.165) is 23.1 Å². The van der Waals surface area contributed by atoms with Crippen LogP contribution >= 0.6 is 11.6 Å². The molecule has 1 N–H and O–H groups in total. The molecule has 230 valence electrons. The molecule has 44 heavy (non-hydrogen) atoms. The van der Waals surface area contributed by atoms with Gasteiger partial charge in [0, 0.05) is 17.2 Å². The number of nitrogens with zero attached hydrogens (tertiary/aromatic N) is 5. The van der Waals surface area contributed by atoms with E-state index in [1.807, 2.05) is 32.0 Å². The minimum Gasteiger partial charge on any atom is -0.475 e. The van der Waals surface area contributed by atoms with Gasteiger partial charge in [-0.15, -0.1) is 0 Å². The fraction of sp³-hybridized carbons (Fsp3) is 0.344. The van der Waals surface area contributed by atoms with Crippen molar-refractivity contribution >= 4 is 33.5 Å². The number of aromatic nitrogens is 4. The summed E-state index contributed by atoms with van der Waals surface area (Å²) in [6.07, 6.45) is 4.36. The summed E-state index contributed by atoms with van der Waals surface area (Å²) >= 11 is 6.14. The molecule has 2 aromatic carbocycles. The lowest BCUT2D eigenvalue weighted by Crippen LogP contribution is -2.44. The molecule has 0 saturated carbocycles. The second-order valence-electron chi connectivity index (χ2n) is 12.1. The fourth-order valence-corrected chi connectivity index (χ4v) is 6.29. The monoisotopic (exact) mass is 634 g/mol. The van der Waals surface area contributed by atoms with Gasteiger partial charge in [0.15, 0.2) is 0 Å². The third kappa shape index (κ3) is 7.34. The Hall–Kier alpha value is -4.09. The molecule has 2 aromatic heterocycles. The average Bonchev–Trinajstić information content (AvgIpc) is 2.95. The van der Waals surface area contributed by atoms with Gasteiger partial charge in [-0.2, -0.15) is 4.98 Å². The SMILES string of the molecule is Cc1cccc(C)c1-c1cc2nc(n1)NS(=O)(=O)c1cccc(c1)C(=O)N(Cc1cncc(Cl)n1)[C@H](CCC(C)(C)C)CO2. The van der Waals surface area contributed by atoms with E-state index in [2.05, 4.69) is 45.4 Å². The van der Waals surface area contributed by atoms with Gasteiger partial charge in [0.05, 0.1) is 41.3 Å². The number of hydrogen-bond donors (Lipinski definition) is 1. The molecule has 12 heteroatoms. The first kappa shape index (κ1) is 31.3. The van der Waals surface area contributed by atoms with Crippen LogP contribution in [0.1, 0.15) is 60.8 Å². The largest absolute Gasteiger partial charge is 0.475 e. The maximum absolute atomic E-state index is 14.2. The van der Waals surface area contributed by atoms with Crippen molar-refractivity contribution in [1.82, 2.24) is 24.8 Å². The Morgan fingerprint density at radius 1 is 1.02 bits per heavy atom. The first-order valence-corrected chi connectivity index (χ1v) is 16.1. The zero-order chi connectivity index (χ0) is 31.6. The number of anilines is 1. The van der Waals surface area contributed by atoms with Crippen LogP contribution < -0.4 is 9.46 Å². The van der Waals surface area contributed by atoms with Gasteiger partial charge in [-0.1, -0.05) is 56.6 Å². The number of fused-ring (bicyclic) bond motifs is 4. The van der Waals surface area contributed by atoms with Crippen LogP contribution in [-0.4, -0.2) is 51.8 Å². The van der Waals surface area contributed by atoms with E-state index in [1.54, 1.807) is 29.3 Å². The highest BCUT2D eigenvalue weighted by Crippen LogP contribution is 2.31. The van der Waals surface area contributed by atoms with E-state index in [1.165, 1.54) is 18.3 Å². The molecule has 1 amide bonds. The number of hydrogen-bond acceptors (Lipinski definition) is 8. The van der Waals surface area contributed by atoms with Crippen LogP contribution in [0, 0.1) is 19.3 Å². The Labute approximate surface area is 263 Å². The Morgan fingerprint density at radius 3 is 2.45 bits per heavy atom. The summed E-state index contributed by atoms with van der Waals surface area (Å²) in [6, 6.07) is 13.1. The molecule has 4 bridgehead atoms. The van der Waals surface area contributed by atoms with Crippen molar-refractivity contribution in [3.63, 3.8) is 0 Å². The fourth-order valence-electron chi connectivity index (χ4n) is 5.14. The number of nitrogens with one attached hydrogen (secondary N) is 1. The number of sulfonamides is 1. The third-order valence-electron chi connectivity index (χ3n) is 7.40. The van der Waals surface area contributed by atoms with E-state index in [9.17, 15) is 13.2 Å². The lowest BCUT2D eigenvalue weighted by Gasteiger charge is -2.33. The topological polar surface area (TPSA) is 127 Å². The predicted octanol–water partition coefficient (Wildman–Crippen LogP) is 6.23. The van der Waals surface area contributed by atoms with Gasteiger partial charge in [-0.25, -0.2) is 23.1 Å². The van der Waals surface area contributed by atoms with E-state index in [-0.39, 0.29) is 51.9 Å². The Bertz CT molecular complexity index is 1790. The van der Waals surface area contributed by atoms with Crippen LogP contribution in [0.2, 0.25) is 5.15 Å². The van der Waals surface area contributed by atoms with Crippen LogP contribution in [0.15, 0.2) is 65.8 Å². The summed E-state index contributed by atoms with van der Waals surface area (Å²) in [5.41, 5.74) is 3.97. The first-order valence-electron chi connectivity index (χ1n) is 14.3. The maximum atomic E-state index is 14.2. The number of carbonyl (C=O) groups excluding carboxylic acids is 1. The molecule has 10 nitrogen and oxygen atoms in total. The van der Waals surface area contributed by atoms with E-state index in [4.69, 9.17) is 16.3 Å². The summed E-state index contributed by atoms with van der Waals surface area (Å²) in [4.78, 5) is 33.3. The lowest BCUT2D eigenvalue weighted by atomic mass is 9.88. The van der Waals surface area contributed by atoms with Crippen molar-refractivity contribution in [2.24, 2.45) is 5.41 Å². The molecule has 5 rings (SSSR count). The Kier molecular flexibility index (Phi) is 8.90. The van der Waals surface area contributed by atoms with Crippen molar-refractivity contribution in [1.29, 1.82) is 0 Å². The van der Waals surface area contributed by atoms with Crippen LogP contribution in [-0.2, 0) is 16.6 Å². The van der Waals surface area contributed by atoms with Crippen LogP contribution in [0.25, 0.3) is 11.3 Å². The van der Waals surface area contributed by atoms with Crippen LogP contribution in [0.5, 0.6) is 5.88 Å². The molecule has 0 fully saturated rings. The minimum atomic E-state index is -4.17. The molecule has 3 heterocycles. The molecule has 0 spiro atoms. The summed E-state index contributed by atoms with van der Waals surface area (Å²) < 4.78 is 35.9. The molecule has 0 radical (unpaired) electrons. The van der Waals surface area contributed by atoms with E-state index >= 15 is 0 Å². The number of halogens is 1. The first-order chi connectivity index (χ1) is 20.8. The molecular weight excluding hydrogens is 600 g/mol. The Balaban J connectivity index is 1.67. The Morgan fingerprint density at radius 2 is 1.75 bits per heavy atom. The normalized spacial score (nSPS) is 16.6. The maximum Gasteiger partial charge on any atom is 0.264 e. The van der Waals surface area contributed by atoms with E-state index < -0.39 is 16.1 Å². The highest BCUT2D eigenvalue weighted by Gasteiger charge is 2.30. The molecule has 0 aliphatic carbocycles. The van der Waals surface area contributed by atoms with Gasteiger partial charge in [-0.05, 0) is 61.4 Å². The second-order valence-corrected chi connectivity index (χ2v) is 14.2. The molecule has 1 aliphatic heterocycles. The number of amides is 1. The zero-order valence-corrected chi connectivity index (χ0v) is 26.9. The number of aryl methyl sites for hydroxylation is 2. The minimum absolute atomic E-state index is 0.0265. The van der Waals surface area contributed by atoms with Gasteiger partial charge >= 0.3 is 0 Å². The molecule has 1 atom stereocenters. The highest BCUT2D eigenvalue weighted by molar-refractivity contribution is 7.92. The summed E-state index contributed by atoms with van der Waals surface area (Å²) in [5.74, 6) is -0.329. The molecule has 1 aliphatic rings. The molecule has 0 saturated heterocycles. The zero-order valence-electron chi connectivity index (χ0n) is 25.3. The van der Waals surface area contributed by atoms with Crippen molar-refractivity contribution in [3.05, 3.63) is 88.5 Å². The standard InChI is InChI=1S/C32H35ClN6O4S/c1-20-8-6-9-21(2)29(20)26-15-28-37-31(36-26)38-44(41,42)25-11-7-10-22(14-25)30(40)39(18-23-16-34-17-27(33)35-23)24(19-43-28)12-13-32(3,4)5/h6-11,14-17,24H,12-13,18-19H2,1-5H3,(H,36,37,38)/t24-/m1/s1. The van der Waals surface area contributed by atoms with Crippen LogP contribution in [0.4, 0.5) is 5.95 Å². The van der Waals surface area contributed by atoms with Gasteiger partial charge in [0.1, 0.15) is 11.8 Å². The van der Waals surface area contributed by atoms with Crippen molar-refractivity contribution < 1.29 is 17.9 Å². The van der Waals surface area contributed by atoms with Gasteiger partial charge in [0.25, 0.3) is 15.9 Å². The number of rotatable bonds is 5. The van der Waals surface area contributed by atoms with Crippen molar-refractivity contribution in [2.45, 2.75) is 64.9 Å². The van der Waals surface area contributed by atoms with Gasteiger partial charge in [0.2, 0.25) is 11.8 Å². The molecule has 0 unspecified atom stereocenters. The van der Waals surface area contributed by atoms with Crippen LogP contribution in [0.3, 0.4) is 0 Å². The smallest absolute Gasteiger partial charge is 0.264 e. The lowest BCUT2D eigenvalue weighted by molar-refractivity contribution is 0.0549. The summed E-state index contributed by atoms with van der Waals surface area (Å²) in [5, 5.41) is 0.204. The van der Waals surface area contributed by atoms with Crippen molar-refractivity contribution in [2.75, 3.05) is 11.3 Å². The summed E-state index contributed by atoms with van der Waals surface area (Å²) in [6.45, 7) is 10.5. The average molecular weight is 635 g/mol. The van der Waals surface area contributed by atoms with Gasteiger partial charge in [-0.3, -0.25) is 9.78 Å². The van der Waals surface area contributed by atoms with E-state index in [0.29, 0.717) is 17.8 Å². The number of benzene rings is 2. The third-order valence-corrected chi connectivity index (χ3v) is 8.90. The quantitative estimate of drug-likeness (QED) is 0.274. The highest BCUT2D eigenvalue weighted by atomic mass is 35.5. The van der Waals surface area contributed by atoms with Gasteiger partial charge < -0.3 is 9.64 Å². The molecule has 4 aromatic rings. The number of ether oxygens (including phenoxy) is 1. The second kappa shape index (κ2) is 12.5. The number of carbonyl (C=O) groups is 1. The summed E-state index contributed by atoms with van der Waals surface area (Å²) in [7, 11) is -4.17.